The maximum absolute atomic E-state index is 4.37. The van der Waals surface area contributed by atoms with Gasteiger partial charge in [-0.15, -0.1) is 0 Å². The van der Waals surface area contributed by atoms with E-state index in [0.29, 0.717) is 6.04 Å². The van der Waals surface area contributed by atoms with Gasteiger partial charge in [0.15, 0.2) is 0 Å². The Morgan fingerprint density at radius 1 is 1.04 bits per heavy atom. The molecule has 1 N–H and O–H groups in total. The van der Waals surface area contributed by atoms with Crippen molar-refractivity contribution in [2.75, 3.05) is 44.2 Å². The summed E-state index contributed by atoms with van der Waals surface area (Å²) in [4.78, 5) is 15.4. The second-order valence-corrected chi connectivity index (χ2v) is 6.93. The second-order valence-electron chi connectivity index (χ2n) is 6.93. The summed E-state index contributed by atoms with van der Waals surface area (Å²) in [6.07, 6.45) is 6.39. The van der Waals surface area contributed by atoms with Crippen LogP contribution in [0.4, 0.5) is 5.69 Å². The fraction of sp³-hybridized carbons (Fsp3) is 0.526. The number of nitrogens with one attached hydrogen (secondary N) is 1. The lowest BCUT2D eigenvalue weighted by atomic mass is 10.0. The van der Waals surface area contributed by atoms with Crippen molar-refractivity contribution in [1.29, 1.82) is 0 Å². The Hall–Kier alpha value is -1.85. The lowest BCUT2D eigenvalue weighted by molar-refractivity contribution is 0.0875. The zero-order chi connectivity index (χ0) is 16.2. The van der Waals surface area contributed by atoms with Gasteiger partial charge in [0.2, 0.25) is 0 Å². The highest BCUT2D eigenvalue weighted by atomic mass is 15.3. The van der Waals surface area contributed by atoms with Gasteiger partial charge in [0.05, 0.1) is 6.54 Å². The normalized spacial score (nSPS) is 23.5. The molecule has 1 unspecified atom stereocenters. The average molecular weight is 325 g/mol. The summed E-state index contributed by atoms with van der Waals surface area (Å²) in [5, 5.41) is 0. The molecule has 0 spiro atoms. The van der Waals surface area contributed by atoms with E-state index in [0.717, 1.165) is 25.5 Å². The van der Waals surface area contributed by atoms with Crippen LogP contribution in [0.1, 0.15) is 18.7 Å². The predicted molar refractivity (Wildman–Crippen MR) is 97.1 cm³/mol. The lowest BCUT2D eigenvalue weighted by Crippen LogP contribution is -2.55. The maximum atomic E-state index is 4.37. The number of aromatic nitrogens is 2. The molecule has 5 heteroatoms. The minimum absolute atomic E-state index is 0.701. The number of imidazole rings is 1. The molecule has 0 amide bonds. The van der Waals surface area contributed by atoms with Gasteiger partial charge in [0.25, 0.3) is 0 Å². The molecule has 2 aromatic rings. The van der Waals surface area contributed by atoms with Crippen LogP contribution in [-0.4, -0.2) is 65.1 Å². The quantitative estimate of drug-likeness (QED) is 0.935. The topological polar surface area (TPSA) is 38.4 Å². The third-order valence-corrected chi connectivity index (χ3v) is 5.36. The van der Waals surface area contributed by atoms with Crippen LogP contribution in [0.25, 0.3) is 0 Å². The number of anilines is 1. The first-order chi connectivity index (χ1) is 11.9. The molecule has 2 aliphatic heterocycles. The molecule has 128 valence electrons. The predicted octanol–water partition coefficient (Wildman–Crippen LogP) is 2.20. The lowest BCUT2D eigenvalue weighted by Gasteiger charge is -2.43. The molecule has 0 saturated carbocycles. The van der Waals surface area contributed by atoms with Crippen molar-refractivity contribution in [3.8, 4) is 0 Å². The summed E-state index contributed by atoms with van der Waals surface area (Å²) >= 11 is 0. The average Bonchev–Trinajstić information content (AvgIpc) is 3.16. The number of piperazine rings is 1. The number of nitrogens with zero attached hydrogens (tertiary/aromatic N) is 4. The van der Waals surface area contributed by atoms with Crippen LogP contribution < -0.4 is 4.90 Å². The van der Waals surface area contributed by atoms with Gasteiger partial charge in [-0.3, -0.25) is 9.80 Å². The standard InChI is InChI=1S/C19H27N5/c1-2-5-17(6-3-1)23-11-13-24(14-12-23)18-7-4-10-22(15-18)16-19-20-8-9-21-19/h1-3,5-6,8-9,18H,4,7,10-16H2,(H,20,21). The van der Waals surface area contributed by atoms with Gasteiger partial charge >= 0.3 is 0 Å². The van der Waals surface area contributed by atoms with Gasteiger partial charge in [-0.25, -0.2) is 4.98 Å². The summed E-state index contributed by atoms with van der Waals surface area (Å²) in [5.41, 5.74) is 1.36. The van der Waals surface area contributed by atoms with Crippen molar-refractivity contribution >= 4 is 5.69 Å². The molecular formula is C19H27N5. The van der Waals surface area contributed by atoms with Crippen LogP contribution in [-0.2, 0) is 6.54 Å². The zero-order valence-electron chi connectivity index (χ0n) is 14.3. The summed E-state index contributed by atoms with van der Waals surface area (Å²) < 4.78 is 0. The van der Waals surface area contributed by atoms with Gasteiger partial charge in [0.1, 0.15) is 5.82 Å². The smallest absolute Gasteiger partial charge is 0.120 e. The maximum Gasteiger partial charge on any atom is 0.120 e. The third-order valence-electron chi connectivity index (χ3n) is 5.36. The minimum Gasteiger partial charge on any atom is -0.369 e. The SMILES string of the molecule is c1ccc(N2CCN(C3CCCN(Cc4ncc[nH]4)C3)CC2)cc1. The van der Waals surface area contributed by atoms with Crippen molar-refractivity contribution in [2.24, 2.45) is 0 Å². The number of para-hydroxylation sites is 1. The molecule has 0 bridgehead atoms. The van der Waals surface area contributed by atoms with Crippen molar-refractivity contribution < 1.29 is 0 Å². The van der Waals surface area contributed by atoms with E-state index in [1.807, 2.05) is 12.4 Å². The highest BCUT2D eigenvalue weighted by molar-refractivity contribution is 5.46. The molecule has 0 aliphatic carbocycles. The summed E-state index contributed by atoms with van der Waals surface area (Å²) in [7, 11) is 0. The summed E-state index contributed by atoms with van der Waals surface area (Å²) in [5.74, 6) is 1.09. The van der Waals surface area contributed by atoms with E-state index < -0.39 is 0 Å². The van der Waals surface area contributed by atoms with Crippen LogP contribution in [0.15, 0.2) is 42.7 Å². The van der Waals surface area contributed by atoms with Crippen molar-refractivity contribution in [3.05, 3.63) is 48.5 Å². The van der Waals surface area contributed by atoms with E-state index >= 15 is 0 Å². The van der Waals surface area contributed by atoms with Crippen molar-refractivity contribution in [1.82, 2.24) is 19.8 Å². The Labute approximate surface area is 144 Å². The van der Waals surface area contributed by atoms with Crippen molar-refractivity contribution in [3.63, 3.8) is 0 Å². The molecule has 4 rings (SSSR count). The third kappa shape index (κ3) is 3.62. The van der Waals surface area contributed by atoms with Crippen molar-refractivity contribution in [2.45, 2.75) is 25.4 Å². The van der Waals surface area contributed by atoms with Gasteiger partial charge in [-0.05, 0) is 31.5 Å². The minimum atomic E-state index is 0.701. The van der Waals surface area contributed by atoms with Gasteiger partial charge in [-0.1, -0.05) is 18.2 Å². The Kier molecular flexibility index (Phi) is 4.81. The molecule has 0 radical (unpaired) electrons. The highest BCUT2D eigenvalue weighted by Gasteiger charge is 2.28. The van der Waals surface area contributed by atoms with Crippen LogP contribution in [0.5, 0.6) is 0 Å². The number of hydrogen-bond donors (Lipinski definition) is 1. The van der Waals surface area contributed by atoms with E-state index in [2.05, 4.69) is 55.0 Å². The van der Waals surface area contributed by atoms with Crippen LogP contribution in [0.3, 0.4) is 0 Å². The first-order valence-electron chi connectivity index (χ1n) is 9.13. The zero-order valence-corrected chi connectivity index (χ0v) is 14.3. The molecule has 3 heterocycles. The number of hydrogen-bond acceptors (Lipinski definition) is 4. The number of piperidine rings is 1. The summed E-state index contributed by atoms with van der Waals surface area (Å²) in [6.45, 7) is 7.94. The first-order valence-corrected chi connectivity index (χ1v) is 9.13. The number of likely N-dealkylation sites (tertiary alicyclic amines) is 1. The molecule has 2 saturated heterocycles. The molecule has 24 heavy (non-hydrogen) atoms. The van der Waals surface area contributed by atoms with Gasteiger partial charge in [-0.2, -0.15) is 0 Å². The Morgan fingerprint density at radius 3 is 2.62 bits per heavy atom. The molecular weight excluding hydrogens is 298 g/mol. The van der Waals surface area contributed by atoms with E-state index in [1.165, 1.54) is 44.7 Å². The first kappa shape index (κ1) is 15.7. The van der Waals surface area contributed by atoms with E-state index in [1.54, 1.807) is 0 Å². The Morgan fingerprint density at radius 2 is 1.88 bits per heavy atom. The van der Waals surface area contributed by atoms with Crippen LogP contribution in [0.2, 0.25) is 0 Å². The van der Waals surface area contributed by atoms with E-state index in [9.17, 15) is 0 Å². The number of benzene rings is 1. The van der Waals surface area contributed by atoms with Crippen LogP contribution in [0, 0.1) is 0 Å². The van der Waals surface area contributed by atoms with E-state index in [4.69, 9.17) is 0 Å². The molecule has 1 aromatic carbocycles. The summed E-state index contributed by atoms with van der Waals surface area (Å²) in [6, 6.07) is 11.5. The Bertz CT molecular complexity index is 604. The van der Waals surface area contributed by atoms with Crippen LogP contribution >= 0.6 is 0 Å². The largest absolute Gasteiger partial charge is 0.369 e. The molecule has 2 fully saturated rings. The monoisotopic (exact) mass is 325 g/mol. The second kappa shape index (κ2) is 7.36. The molecule has 1 atom stereocenters. The molecule has 2 aliphatic rings. The Balaban J connectivity index is 1.30. The van der Waals surface area contributed by atoms with Gasteiger partial charge in [0, 0.05) is 56.8 Å². The number of aromatic amines is 1. The fourth-order valence-corrected chi connectivity index (χ4v) is 4.05. The molecule has 1 aromatic heterocycles. The van der Waals surface area contributed by atoms with E-state index in [-0.39, 0.29) is 0 Å². The fourth-order valence-electron chi connectivity index (χ4n) is 4.05. The highest BCUT2D eigenvalue weighted by Crippen LogP contribution is 2.21. The number of rotatable bonds is 4. The number of H-pyrrole nitrogens is 1. The van der Waals surface area contributed by atoms with Gasteiger partial charge < -0.3 is 9.88 Å². The molecule has 5 nitrogen and oxygen atoms in total.